The number of aryl methyl sites for hydroxylation is 2. The molecule has 2 aromatic rings. The highest BCUT2D eigenvalue weighted by molar-refractivity contribution is 9.10. The van der Waals surface area contributed by atoms with Gasteiger partial charge in [0.1, 0.15) is 0 Å². The highest BCUT2D eigenvalue weighted by Crippen LogP contribution is 2.29. The maximum atomic E-state index is 4.57. The van der Waals surface area contributed by atoms with Crippen LogP contribution in [-0.4, -0.2) is 21.3 Å². The molecule has 1 unspecified atom stereocenters. The molecule has 2 aromatic heterocycles. The van der Waals surface area contributed by atoms with Gasteiger partial charge in [0.05, 0.1) is 28.1 Å². The van der Waals surface area contributed by atoms with E-state index in [1.807, 2.05) is 18.5 Å². The minimum absolute atomic E-state index is 0.0598. The van der Waals surface area contributed by atoms with Gasteiger partial charge in [0, 0.05) is 12.7 Å². The normalized spacial score (nSPS) is 12.6. The molecule has 0 fully saturated rings. The Kier molecular flexibility index (Phi) is 5.31. The van der Waals surface area contributed by atoms with Crippen molar-refractivity contribution >= 4 is 15.9 Å². The van der Waals surface area contributed by atoms with Gasteiger partial charge < -0.3 is 5.32 Å². The number of rotatable bonds is 6. The molecule has 0 aliphatic carbocycles. The summed E-state index contributed by atoms with van der Waals surface area (Å²) in [5.41, 5.74) is 3.40. The highest BCUT2D eigenvalue weighted by atomic mass is 79.9. The highest BCUT2D eigenvalue weighted by Gasteiger charge is 2.23. The molecule has 0 spiro atoms. The number of hydrogen-bond acceptors (Lipinski definition) is 3. The third-order valence-corrected chi connectivity index (χ3v) is 3.88. The van der Waals surface area contributed by atoms with E-state index in [-0.39, 0.29) is 6.04 Å². The van der Waals surface area contributed by atoms with Crippen LogP contribution in [0.4, 0.5) is 0 Å². The lowest BCUT2D eigenvalue weighted by atomic mass is 10.0. The standard InChI is InChI=1S/C15H21BrN4/c1-4-9-20-15(12(16)10-19-20)14(17-5-2)13-11(3)7-6-8-18-13/h6-8,10,14,17H,4-5,9H2,1-3H3. The Morgan fingerprint density at radius 3 is 2.85 bits per heavy atom. The molecule has 2 heterocycles. The van der Waals surface area contributed by atoms with Crippen molar-refractivity contribution in [2.45, 2.75) is 39.8 Å². The molecule has 0 aromatic carbocycles. The monoisotopic (exact) mass is 336 g/mol. The Balaban J connectivity index is 2.49. The van der Waals surface area contributed by atoms with E-state index in [0.717, 1.165) is 35.4 Å². The summed E-state index contributed by atoms with van der Waals surface area (Å²) in [6, 6.07) is 4.13. The summed E-state index contributed by atoms with van der Waals surface area (Å²) in [6.45, 7) is 8.16. The van der Waals surface area contributed by atoms with Crippen molar-refractivity contribution in [1.82, 2.24) is 20.1 Å². The second-order valence-electron chi connectivity index (χ2n) is 4.80. The lowest BCUT2D eigenvalue weighted by Crippen LogP contribution is -2.27. The molecule has 5 heteroatoms. The predicted octanol–water partition coefficient (Wildman–Crippen LogP) is 3.46. The van der Waals surface area contributed by atoms with Crippen molar-refractivity contribution in [3.8, 4) is 0 Å². The van der Waals surface area contributed by atoms with Gasteiger partial charge in [-0.1, -0.05) is 19.9 Å². The zero-order valence-electron chi connectivity index (χ0n) is 12.2. The molecule has 2 rings (SSSR count). The van der Waals surface area contributed by atoms with Crippen molar-refractivity contribution in [1.29, 1.82) is 0 Å². The molecule has 1 N–H and O–H groups in total. The van der Waals surface area contributed by atoms with Gasteiger partial charge in [-0.25, -0.2) is 0 Å². The van der Waals surface area contributed by atoms with Gasteiger partial charge in [-0.05, 0) is 47.4 Å². The number of pyridine rings is 1. The Morgan fingerprint density at radius 2 is 2.20 bits per heavy atom. The number of halogens is 1. The summed E-state index contributed by atoms with van der Waals surface area (Å²) in [5.74, 6) is 0. The van der Waals surface area contributed by atoms with Gasteiger partial charge in [0.15, 0.2) is 0 Å². The zero-order valence-corrected chi connectivity index (χ0v) is 13.8. The lowest BCUT2D eigenvalue weighted by molar-refractivity contribution is 0.512. The van der Waals surface area contributed by atoms with Crippen LogP contribution < -0.4 is 5.32 Å². The molecular formula is C15H21BrN4. The van der Waals surface area contributed by atoms with Crippen molar-refractivity contribution < 1.29 is 0 Å². The summed E-state index contributed by atoms with van der Waals surface area (Å²) in [7, 11) is 0. The number of nitrogens with zero attached hydrogens (tertiary/aromatic N) is 3. The molecule has 0 amide bonds. The van der Waals surface area contributed by atoms with Crippen LogP contribution in [0.1, 0.15) is 43.3 Å². The average Bonchev–Trinajstić information content (AvgIpc) is 2.79. The van der Waals surface area contributed by atoms with E-state index in [1.165, 1.54) is 5.56 Å². The van der Waals surface area contributed by atoms with Crippen molar-refractivity contribution in [3.05, 3.63) is 46.0 Å². The van der Waals surface area contributed by atoms with E-state index in [1.54, 1.807) is 0 Å². The van der Waals surface area contributed by atoms with E-state index in [4.69, 9.17) is 0 Å². The molecule has 0 bridgehead atoms. The third-order valence-electron chi connectivity index (χ3n) is 3.27. The maximum absolute atomic E-state index is 4.57. The predicted molar refractivity (Wildman–Crippen MR) is 84.7 cm³/mol. The quantitative estimate of drug-likeness (QED) is 0.878. The SMILES string of the molecule is CCCn1ncc(Br)c1C(NCC)c1ncccc1C. The first-order chi connectivity index (χ1) is 9.69. The van der Waals surface area contributed by atoms with Crippen LogP contribution in [0.15, 0.2) is 29.0 Å². The first-order valence-corrected chi connectivity index (χ1v) is 7.84. The minimum atomic E-state index is 0.0598. The summed E-state index contributed by atoms with van der Waals surface area (Å²) in [6.07, 6.45) is 4.77. The minimum Gasteiger partial charge on any atom is -0.304 e. The third kappa shape index (κ3) is 3.10. The first kappa shape index (κ1) is 15.2. The molecule has 0 aliphatic heterocycles. The fourth-order valence-corrected chi connectivity index (χ4v) is 2.90. The molecule has 1 atom stereocenters. The van der Waals surface area contributed by atoms with Gasteiger partial charge in [0.2, 0.25) is 0 Å². The van der Waals surface area contributed by atoms with Crippen molar-refractivity contribution in [3.63, 3.8) is 0 Å². The van der Waals surface area contributed by atoms with E-state index in [2.05, 4.69) is 62.8 Å². The molecular weight excluding hydrogens is 316 g/mol. The molecule has 20 heavy (non-hydrogen) atoms. The van der Waals surface area contributed by atoms with E-state index in [9.17, 15) is 0 Å². The largest absolute Gasteiger partial charge is 0.304 e. The van der Waals surface area contributed by atoms with Gasteiger partial charge in [-0.2, -0.15) is 5.10 Å². The van der Waals surface area contributed by atoms with Gasteiger partial charge in [-0.15, -0.1) is 0 Å². The van der Waals surface area contributed by atoms with Crippen LogP contribution in [0.25, 0.3) is 0 Å². The molecule has 0 saturated carbocycles. The molecule has 0 aliphatic rings. The van der Waals surface area contributed by atoms with Crippen LogP contribution >= 0.6 is 15.9 Å². The fourth-order valence-electron chi connectivity index (χ4n) is 2.38. The summed E-state index contributed by atoms with van der Waals surface area (Å²) < 4.78 is 3.09. The van der Waals surface area contributed by atoms with Crippen LogP contribution in [-0.2, 0) is 6.54 Å². The fraction of sp³-hybridized carbons (Fsp3) is 0.467. The van der Waals surface area contributed by atoms with Crippen LogP contribution in [0.2, 0.25) is 0 Å². The van der Waals surface area contributed by atoms with Crippen molar-refractivity contribution in [2.24, 2.45) is 0 Å². The number of hydrogen-bond donors (Lipinski definition) is 1. The zero-order chi connectivity index (χ0) is 14.5. The molecule has 0 radical (unpaired) electrons. The van der Waals surface area contributed by atoms with Crippen molar-refractivity contribution in [2.75, 3.05) is 6.54 Å². The Labute approximate surface area is 128 Å². The Bertz CT molecular complexity index is 565. The van der Waals surface area contributed by atoms with Crippen LogP contribution in [0, 0.1) is 6.92 Å². The average molecular weight is 337 g/mol. The number of nitrogens with one attached hydrogen (secondary N) is 1. The Morgan fingerprint density at radius 1 is 1.40 bits per heavy atom. The molecule has 0 saturated heterocycles. The Hall–Kier alpha value is -1.20. The van der Waals surface area contributed by atoms with E-state index < -0.39 is 0 Å². The summed E-state index contributed by atoms with van der Waals surface area (Å²) in [4.78, 5) is 4.57. The maximum Gasteiger partial charge on any atom is 0.0936 e. The lowest BCUT2D eigenvalue weighted by Gasteiger charge is -2.21. The van der Waals surface area contributed by atoms with Gasteiger partial charge >= 0.3 is 0 Å². The van der Waals surface area contributed by atoms with E-state index in [0.29, 0.717) is 0 Å². The van der Waals surface area contributed by atoms with E-state index >= 15 is 0 Å². The molecule has 108 valence electrons. The number of aromatic nitrogens is 3. The first-order valence-electron chi connectivity index (χ1n) is 7.05. The topological polar surface area (TPSA) is 42.7 Å². The van der Waals surface area contributed by atoms with Gasteiger partial charge in [-0.3, -0.25) is 9.67 Å². The molecule has 4 nitrogen and oxygen atoms in total. The van der Waals surface area contributed by atoms with Gasteiger partial charge in [0.25, 0.3) is 0 Å². The second kappa shape index (κ2) is 6.99. The smallest absolute Gasteiger partial charge is 0.0936 e. The van der Waals surface area contributed by atoms with Crippen LogP contribution in [0.3, 0.4) is 0 Å². The second-order valence-corrected chi connectivity index (χ2v) is 5.65. The summed E-state index contributed by atoms with van der Waals surface area (Å²) >= 11 is 3.63. The van der Waals surface area contributed by atoms with Crippen LogP contribution in [0.5, 0.6) is 0 Å². The summed E-state index contributed by atoms with van der Waals surface area (Å²) in [5, 5.41) is 7.99.